The van der Waals surface area contributed by atoms with Crippen LogP contribution >= 0.6 is 0 Å². The van der Waals surface area contributed by atoms with Gasteiger partial charge in [0.05, 0.1) is 0 Å². The Morgan fingerprint density at radius 1 is 0.840 bits per heavy atom. The number of phenolic OH excluding ortho intramolecular Hbond substituents is 2. The van der Waals surface area contributed by atoms with Crippen molar-refractivity contribution in [2.75, 3.05) is 20.1 Å². The molecule has 0 aromatic heterocycles. The van der Waals surface area contributed by atoms with Crippen LogP contribution in [0.2, 0.25) is 0 Å². The molecule has 0 radical (unpaired) electrons. The molecular formula is C21H30N2O2. The first-order valence-corrected chi connectivity index (χ1v) is 8.75. The van der Waals surface area contributed by atoms with E-state index in [0.717, 1.165) is 40.9 Å². The van der Waals surface area contributed by atoms with Crippen LogP contribution in [-0.4, -0.2) is 35.3 Å². The molecule has 4 heteroatoms. The van der Waals surface area contributed by atoms with Crippen molar-refractivity contribution < 1.29 is 10.2 Å². The number of rotatable bonds is 7. The molecule has 25 heavy (non-hydrogen) atoms. The topological polar surface area (TPSA) is 55.7 Å². The van der Waals surface area contributed by atoms with E-state index >= 15 is 0 Å². The molecule has 0 bridgehead atoms. The summed E-state index contributed by atoms with van der Waals surface area (Å²) >= 11 is 0. The van der Waals surface area contributed by atoms with Crippen molar-refractivity contribution in [1.29, 1.82) is 0 Å². The van der Waals surface area contributed by atoms with Crippen LogP contribution in [0.1, 0.15) is 33.4 Å². The maximum Gasteiger partial charge on any atom is 0.122 e. The number of hydrogen-bond acceptors (Lipinski definition) is 4. The first kappa shape index (κ1) is 19.3. The lowest BCUT2D eigenvalue weighted by Crippen LogP contribution is -2.28. The first-order chi connectivity index (χ1) is 11.8. The van der Waals surface area contributed by atoms with Crippen LogP contribution in [0.3, 0.4) is 0 Å². The Balaban J connectivity index is 1.84. The lowest BCUT2D eigenvalue weighted by Gasteiger charge is -2.19. The molecule has 0 amide bonds. The van der Waals surface area contributed by atoms with Crippen LogP contribution in [0, 0.1) is 27.7 Å². The largest absolute Gasteiger partial charge is 0.507 e. The van der Waals surface area contributed by atoms with E-state index in [1.54, 1.807) is 0 Å². The smallest absolute Gasteiger partial charge is 0.122 e. The van der Waals surface area contributed by atoms with E-state index in [-0.39, 0.29) is 0 Å². The van der Waals surface area contributed by atoms with Crippen molar-refractivity contribution >= 4 is 0 Å². The predicted molar refractivity (Wildman–Crippen MR) is 103 cm³/mol. The van der Waals surface area contributed by atoms with Crippen LogP contribution in [0.25, 0.3) is 0 Å². The molecule has 2 rings (SSSR count). The molecular weight excluding hydrogens is 312 g/mol. The van der Waals surface area contributed by atoms with Gasteiger partial charge in [-0.15, -0.1) is 0 Å². The van der Waals surface area contributed by atoms with E-state index in [2.05, 4.69) is 10.2 Å². The molecule has 0 saturated heterocycles. The molecule has 0 atom stereocenters. The molecule has 0 aliphatic rings. The number of nitrogens with zero attached hydrogens (tertiary/aromatic N) is 1. The van der Waals surface area contributed by atoms with Gasteiger partial charge in [0.1, 0.15) is 11.5 Å². The quantitative estimate of drug-likeness (QED) is 0.674. The monoisotopic (exact) mass is 342 g/mol. The maximum absolute atomic E-state index is 10.2. The summed E-state index contributed by atoms with van der Waals surface area (Å²) in [5, 5.41) is 23.7. The van der Waals surface area contributed by atoms with Gasteiger partial charge >= 0.3 is 0 Å². The van der Waals surface area contributed by atoms with Gasteiger partial charge in [0.25, 0.3) is 0 Å². The van der Waals surface area contributed by atoms with Gasteiger partial charge in [-0.25, -0.2) is 0 Å². The number of aryl methyl sites for hydroxylation is 4. The fourth-order valence-corrected chi connectivity index (χ4v) is 3.21. The third-order valence-electron chi connectivity index (χ3n) is 4.47. The maximum atomic E-state index is 10.2. The van der Waals surface area contributed by atoms with Gasteiger partial charge in [0.2, 0.25) is 0 Å². The Morgan fingerprint density at radius 3 is 1.96 bits per heavy atom. The standard InChI is InChI=1S/C21H30N2O2/c1-14-8-16(3)20(24)18(10-14)12-22-6-7-23(5)13-19-11-15(2)9-17(4)21(19)25/h8-11,22,24-25H,6-7,12-13H2,1-5H3. The van der Waals surface area contributed by atoms with Crippen LogP contribution in [0.5, 0.6) is 11.5 Å². The Bertz CT molecular complexity index is 741. The molecule has 0 unspecified atom stereocenters. The summed E-state index contributed by atoms with van der Waals surface area (Å²) in [5.74, 6) is 0.775. The fraction of sp³-hybridized carbons (Fsp3) is 0.429. The summed E-state index contributed by atoms with van der Waals surface area (Å²) in [5.41, 5.74) is 6.07. The lowest BCUT2D eigenvalue weighted by molar-refractivity contribution is 0.317. The summed E-state index contributed by atoms with van der Waals surface area (Å²) in [7, 11) is 2.05. The molecule has 0 heterocycles. The molecule has 2 aromatic carbocycles. The van der Waals surface area contributed by atoms with Crippen molar-refractivity contribution in [2.45, 2.75) is 40.8 Å². The van der Waals surface area contributed by atoms with E-state index in [1.165, 1.54) is 5.56 Å². The van der Waals surface area contributed by atoms with Crippen molar-refractivity contribution in [2.24, 2.45) is 0 Å². The minimum atomic E-state index is 0.381. The van der Waals surface area contributed by atoms with Gasteiger partial charge in [-0.3, -0.25) is 0 Å². The second kappa shape index (κ2) is 8.37. The van der Waals surface area contributed by atoms with E-state index < -0.39 is 0 Å². The zero-order valence-corrected chi connectivity index (χ0v) is 16.0. The molecule has 4 nitrogen and oxygen atoms in total. The highest BCUT2D eigenvalue weighted by molar-refractivity contribution is 5.43. The van der Waals surface area contributed by atoms with Gasteiger partial charge in [-0.05, 0) is 45.9 Å². The van der Waals surface area contributed by atoms with E-state index in [9.17, 15) is 10.2 Å². The summed E-state index contributed by atoms with van der Waals surface area (Å²) in [6.45, 7) is 11.0. The predicted octanol–water partition coefficient (Wildman–Crippen LogP) is 3.55. The van der Waals surface area contributed by atoms with Crippen molar-refractivity contribution in [1.82, 2.24) is 10.2 Å². The molecule has 3 N–H and O–H groups in total. The average Bonchev–Trinajstić information content (AvgIpc) is 2.53. The highest BCUT2D eigenvalue weighted by Crippen LogP contribution is 2.25. The van der Waals surface area contributed by atoms with Crippen molar-refractivity contribution in [3.05, 3.63) is 57.6 Å². The molecule has 0 aliphatic carbocycles. The molecule has 2 aromatic rings. The minimum Gasteiger partial charge on any atom is -0.507 e. The summed E-state index contributed by atoms with van der Waals surface area (Å²) < 4.78 is 0. The number of hydrogen-bond donors (Lipinski definition) is 3. The molecule has 0 fully saturated rings. The molecule has 0 saturated carbocycles. The van der Waals surface area contributed by atoms with Crippen molar-refractivity contribution in [3.8, 4) is 11.5 Å². The normalized spacial score (nSPS) is 11.3. The second-order valence-electron chi connectivity index (χ2n) is 7.09. The number of likely N-dealkylation sites (N-methyl/N-ethyl adjacent to an activating group) is 1. The lowest BCUT2D eigenvalue weighted by atomic mass is 10.1. The van der Waals surface area contributed by atoms with Gasteiger partial charge in [0, 0.05) is 37.3 Å². The Hall–Kier alpha value is -2.04. The number of benzene rings is 2. The zero-order valence-electron chi connectivity index (χ0n) is 16.0. The van der Waals surface area contributed by atoms with Crippen LogP contribution < -0.4 is 5.32 Å². The van der Waals surface area contributed by atoms with Crippen molar-refractivity contribution in [3.63, 3.8) is 0 Å². The Morgan fingerprint density at radius 2 is 1.36 bits per heavy atom. The highest BCUT2D eigenvalue weighted by atomic mass is 16.3. The fourth-order valence-electron chi connectivity index (χ4n) is 3.21. The average molecular weight is 342 g/mol. The van der Waals surface area contributed by atoms with E-state index in [1.807, 2.05) is 59.0 Å². The van der Waals surface area contributed by atoms with Gasteiger partial charge in [-0.2, -0.15) is 0 Å². The Kier molecular flexibility index (Phi) is 6.45. The van der Waals surface area contributed by atoms with Crippen LogP contribution in [-0.2, 0) is 13.1 Å². The molecule has 136 valence electrons. The van der Waals surface area contributed by atoms with Crippen LogP contribution in [0.15, 0.2) is 24.3 Å². The van der Waals surface area contributed by atoms with E-state index in [0.29, 0.717) is 24.6 Å². The van der Waals surface area contributed by atoms with Gasteiger partial charge < -0.3 is 20.4 Å². The SMILES string of the molecule is Cc1cc(C)c(O)c(CNCCN(C)Cc2cc(C)cc(C)c2O)c1. The van der Waals surface area contributed by atoms with Gasteiger partial charge in [-0.1, -0.05) is 35.4 Å². The summed E-state index contributed by atoms with van der Waals surface area (Å²) in [6.07, 6.45) is 0. The third-order valence-corrected chi connectivity index (χ3v) is 4.47. The molecule has 0 spiro atoms. The minimum absolute atomic E-state index is 0.381. The number of nitrogens with one attached hydrogen (secondary N) is 1. The summed E-state index contributed by atoms with van der Waals surface area (Å²) in [6, 6.07) is 8.05. The Labute approximate surface area is 151 Å². The van der Waals surface area contributed by atoms with Crippen LogP contribution in [0.4, 0.5) is 0 Å². The van der Waals surface area contributed by atoms with E-state index in [4.69, 9.17) is 0 Å². The summed E-state index contributed by atoms with van der Waals surface area (Å²) in [4.78, 5) is 2.18. The number of phenols is 2. The highest BCUT2D eigenvalue weighted by Gasteiger charge is 2.09. The van der Waals surface area contributed by atoms with Gasteiger partial charge in [0.15, 0.2) is 0 Å². The second-order valence-corrected chi connectivity index (χ2v) is 7.09. The first-order valence-electron chi connectivity index (χ1n) is 8.75. The number of aromatic hydroxyl groups is 2. The third kappa shape index (κ3) is 5.21. The molecule has 0 aliphatic heterocycles. The zero-order chi connectivity index (χ0) is 18.6.